The third-order valence-corrected chi connectivity index (χ3v) is 4.29. The minimum atomic E-state index is -0.974. The second-order valence-electron chi connectivity index (χ2n) is 6.20. The topological polar surface area (TPSA) is 78.5 Å². The van der Waals surface area contributed by atoms with Gasteiger partial charge in [-0.3, -0.25) is 14.5 Å². The minimum Gasteiger partial charge on any atom is -0.346 e. The van der Waals surface area contributed by atoms with Crippen LogP contribution in [-0.2, 0) is 11.3 Å². The largest absolute Gasteiger partial charge is 0.346 e. The number of hydrogen-bond donors (Lipinski definition) is 2. The molecule has 2 aromatic carbocycles. The normalized spacial score (nSPS) is 14.9. The van der Waals surface area contributed by atoms with Gasteiger partial charge in [-0.05, 0) is 42.3 Å². The van der Waals surface area contributed by atoms with E-state index in [1.165, 1.54) is 6.07 Å². The summed E-state index contributed by atoms with van der Waals surface area (Å²) in [5.74, 6) is -2.60. The molecular weight excluding hydrogens is 356 g/mol. The van der Waals surface area contributed by atoms with Crippen LogP contribution >= 0.6 is 0 Å². The molecule has 1 atom stereocenters. The number of nitrogens with one attached hydrogen (secondary N) is 2. The lowest BCUT2D eigenvalue weighted by atomic mass is 10.1. The Kier molecular flexibility index (Phi) is 5.16. The van der Waals surface area contributed by atoms with Gasteiger partial charge in [0.15, 0.2) is 11.6 Å². The Hall–Kier alpha value is -3.29. The van der Waals surface area contributed by atoms with Crippen molar-refractivity contribution in [3.8, 4) is 0 Å². The Labute approximate surface area is 154 Å². The van der Waals surface area contributed by atoms with Gasteiger partial charge >= 0.3 is 6.03 Å². The number of urea groups is 1. The van der Waals surface area contributed by atoms with Gasteiger partial charge in [0.2, 0.25) is 5.91 Å². The quantitative estimate of drug-likeness (QED) is 0.791. The van der Waals surface area contributed by atoms with Crippen molar-refractivity contribution in [1.29, 1.82) is 0 Å². The average Bonchev–Trinajstić information content (AvgIpc) is 2.96. The number of carbonyl (C=O) groups excluding carboxylic acids is 3. The first-order chi connectivity index (χ1) is 12.8. The molecule has 1 saturated heterocycles. The van der Waals surface area contributed by atoms with E-state index in [9.17, 15) is 23.2 Å². The molecule has 3 rings (SSSR count). The molecule has 0 spiro atoms. The fourth-order valence-electron chi connectivity index (χ4n) is 2.70. The maximum Gasteiger partial charge on any atom is 0.324 e. The fourth-order valence-corrected chi connectivity index (χ4v) is 2.70. The van der Waals surface area contributed by atoms with E-state index in [-0.39, 0.29) is 24.9 Å². The number of benzene rings is 2. The predicted molar refractivity (Wildman–Crippen MR) is 92.6 cm³/mol. The van der Waals surface area contributed by atoms with Crippen LogP contribution in [0.1, 0.15) is 34.5 Å². The first-order valence-electron chi connectivity index (χ1n) is 8.28. The van der Waals surface area contributed by atoms with Crippen molar-refractivity contribution in [2.45, 2.75) is 19.5 Å². The molecule has 27 heavy (non-hydrogen) atoms. The number of nitrogens with zero attached hydrogens (tertiary/aromatic N) is 1. The number of rotatable bonds is 5. The first-order valence-corrected chi connectivity index (χ1v) is 8.28. The van der Waals surface area contributed by atoms with Crippen LogP contribution in [0.25, 0.3) is 0 Å². The van der Waals surface area contributed by atoms with Gasteiger partial charge in [-0.15, -0.1) is 0 Å². The zero-order valence-electron chi connectivity index (χ0n) is 14.5. The highest BCUT2D eigenvalue weighted by Gasteiger charge is 2.28. The minimum absolute atomic E-state index is 0.0127. The third kappa shape index (κ3) is 4.11. The second kappa shape index (κ2) is 7.53. The summed E-state index contributed by atoms with van der Waals surface area (Å²) in [5, 5.41) is 5.15. The van der Waals surface area contributed by atoms with Crippen molar-refractivity contribution < 1.29 is 23.2 Å². The molecule has 0 aliphatic carbocycles. The molecule has 0 bridgehead atoms. The van der Waals surface area contributed by atoms with Gasteiger partial charge in [0.05, 0.1) is 19.1 Å². The van der Waals surface area contributed by atoms with Gasteiger partial charge < -0.3 is 10.6 Å². The van der Waals surface area contributed by atoms with Crippen LogP contribution in [0.3, 0.4) is 0 Å². The van der Waals surface area contributed by atoms with Crippen LogP contribution in [-0.4, -0.2) is 29.3 Å². The van der Waals surface area contributed by atoms with E-state index in [1.807, 2.05) is 0 Å². The van der Waals surface area contributed by atoms with Crippen molar-refractivity contribution in [3.63, 3.8) is 0 Å². The van der Waals surface area contributed by atoms with Gasteiger partial charge in [-0.2, -0.15) is 0 Å². The third-order valence-electron chi connectivity index (χ3n) is 4.29. The summed E-state index contributed by atoms with van der Waals surface area (Å²) < 4.78 is 26.3. The number of amides is 4. The zero-order valence-corrected chi connectivity index (χ0v) is 14.5. The maximum atomic E-state index is 13.3. The molecule has 8 heteroatoms. The van der Waals surface area contributed by atoms with Crippen molar-refractivity contribution in [2.75, 3.05) is 6.54 Å². The summed E-state index contributed by atoms with van der Waals surface area (Å²) in [6.45, 7) is 1.77. The molecule has 0 aromatic heterocycles. The van der Waals surface area contributed by atoms with Gasteiger partial charge in [-0.25, -0.2) is 13.6 Å². The lowest BCUT2D eigenvalue weighted by molar-refractivity contribution is -0.125. The number of carbonyl (C=O) groups is 3. The van der Waals surface area contributed by atoms with Crippen LogP contribution < -0.4 is 10.6 Å². The van der Waals surface area contributed by atoms with Crippen LogP contribution in [0.15, 0.2) is 42.5 Å². The summed E-state index contributed by atoms with van der Waals surface area (Å²) in [7, 11) is 0. The molecule has 1 aliphatic rings. The van der Waals surface area contributed by atoms with Crippen molar-refractivity contribution >= 4 is 17.8 Å². The lowest BCUT2D eigenvalue weighted by Crippen LogP contribution is -2.30. The summed E-state index contributed by atoms with van der Waals surface area (Å²) in [6, 6.07) is 8.94. The Morgan fingerprint density at radius 2 is 1.85 bits per heavy atom. The SMILES string of the molecule is CC(NC(=O)c1ccc(CN2C(=O)CNC2=O)cc1)c1ccc(F)c(F)c1. The van der Waals surface area contributed by atoms with E-state index in [2.05, 4.69) is 10.6 Å². The van der Waals surface area contributed by atoms with E-state index in [0.29, 0.717) is 16.7 Å². The maximum absolute atomic E-state index is 13.3. The molecule has 2 N–H and O–H groups in total. The first kappa shape index (κ1) is 18.5. The molecule has 2 aromatic rings. The van der Waals surface area contributed by atoms with E-state index >= 15 is 0 Å². The molecule has 1 heterocycles. The highest BCUT2D eigenvalue weighted by atomic mass is 19.2. The zero-order chi connectivity index (χ0) is 19.6. The van der Waals surface area contributed by atoms with Crippen LogP contribution in [0.5, 0.6) is 0 Å². The summed E-state index contributed by atoms with van der Waals surface area (Å²) in [5.41, 5.74) is 1.51. The molecule has 0 saturated carbocycles. The smallest absolute Gasteiger partial charge is 0.324 e. The van der Waals surface area contributed by atoms with Crippen LogP contribution in [0.2, 0.25) is 0 Å². The molecule has 1 aliphatic heterocycles. The lowest BCUT2D eigenvalue weighted by Gasteiger charge is -2.15. The molecule has 6 nitrogen and oxygen atoms in total. The summed E-state index contributed by atoms with van der Waals surface area (Å²) in [6.07, 6.45) is 0. The highest BCUT2D eigenvalue weighted by Crippen LogP contribution is 2.17. The van der Waals surface area contributed by atoms with Crippen LogP contribution in [0.4, 0.5) is 13.6 Å². The van der Waals surface area contributed by atoms with Crippen molar-refractivity contribution in [2.24, 2.45) is 0 Å². The Bertz CT molecular complexity index is 884. The average molecular weight is 373 g/mol. The molecule has 0 radical (unpaired) electrons. The molecule has 1 fully saturated rings. The van der Waals surface area contributed by atoms with Crippen molar-refractivity contribution in [1.82, 2.24) is 15.5 Å². The Morgan fingerprint density at radius 3 is 2.44 bits per heavy atom. The van der Waals surface area contributed by atoms with Gasteiger partial charge in [0.25, 0.3) is 5.91 Å². The van der Waals surface area contributed by atoms with E-state index in [0.717, 1.165) is 17.0 Å². The molecule has 4 amide bonds. The monoisotopic (exact) mass is 373 g/mol. The van der Waals surface area contributed by atoms with Crippen molar-refractivity contribution in [3.05, 3.63) is 70.8 Å². The predicted octanol–water partition coefficient (Wildman–Crippen LogP) is 2.51. The van der Waals surface area contributed by atoms with E-state index in [1.54, 1.807) is 31.2 Å². The molecular formula is C19H17F2N3O3. The van der Waals surface area contributed by atoms with Gasteiger partial charge in [0.1, 0.15) is 0 Å². The van der Waals surface area contributed by atoms with Gasteiger partial charge in [-0.1, -0.05) is 18.2 Å². The van der Waals surface area contributed by atoms with E-state index in [4.69, 9.17) is 0 Å². The van der Waals surface area contributed by atoms with Crippen LogP contribution in [0, 0.1) is 11.6 Å². The van der Waals surface area contributed by atoms with Gasteiger partial charge in [0, 0.05) is 5.56 Å². The standard InChI is InChI=1S/C19H17F2N3O3/c1-11(14-6-7-15(20)16(21)8-14)23-18(26)13-4-2-12(3-5-13)10-24-17(25)9-22-19(24)27/h2-8,11H,9-10H2,1H3,(H,22,27)(H,23,26). The second-order valence-corrected chi connectivity index (χ2v) is 6.20. The number of halogens is 2. The van der Waals surface area contributed by atoms with E-state index < -0.39 is 23.7 Å². The highest BCUT2D eigenvalue weighted by molar-refractivity contribution is 6.01. The Morgan fingerprint density at radius 1 is 1.15 bits per heavy atom. The summed E-state index contributed by atoms with van der Waals surface area (Å²) >= 11 is 0. The number of hydrogen-bond acceptors (Lipinski definition) is 3. The Balaban J connectivity index is 1.64. The molecule has 140 valence electrons. The summed E-state index contributed by atoms with van der Waals surface area (Å²) in [4.78, 5) is 36.6. The fraction of sp³-hybridized carbons (Fsp3) is 0.211. The number of imide groups is 1. The molecule has 1 unspecified atom stereocenters.